The maximum Gasteiger partial charge on any atom is 0.318 e. The predicted octanol–water partition coefficient (Wildman–Crippen LogP) is 3.26. The minimum Gasteiger partial charge on any atom is -0.332 e. The first kappa shape index (κ1) is 14.6. The molecule has 2 amide bonds. The van der Waals surface area contributed by atoms with Crippen molar-refractivity contribution < 1.29 is 4.79 Å². The molecule has 4 heteroatoms. The average Bonchev–Trinajstić information content (AvgIpc) is 3.36. The molecule has 0 spiro atoms. The van der Waals surface area contributed by atoms with E-state index in [4.69, 9.17) is 0 Å². The molecule has 1 aliphatic rings. The summed E-state index contributed by atoms with van der Waals surface area (Å²) in [6.07, 6.45) is 3.94. The molecule has 1 saturated carbocycles. The Bertz CT molecular complexity index is 638. The molecule has 1 aromatic heterocycles. The Morgan fingerprint density at radius 2 is 2.14 bits per heavy atom. The molecule has 0 unspecified atom stereocenters. The van der Waals surface area contributed by atoms with Gasteiger partial charge in [-0.2, -0.15) is 0 Å². The van der Waals surface area contributed by atoms with E-state index in [1.807, 2.05) is 29.2 Å². The molecule has 1 fully saturated rings. The highest BCUT2D eigenvalue weighted by atomic mass is 16.2. The van der Waals surface area contributed by atoms with Gasteiger partial charge < -0.3 is 10.2 Å². The van der Waals surface area contributed by atoms with E-state index < -0.39 is 0 Å². The molecule has 1 aliphatic carbocycles. The predicted molar refractivity (Wildman–Crippen MR) is 86.2 cm³/mol. The normalized spacial score (nSPS) is 13.7. The summed E-state index contributed by atoms with van der Waals surface area (Å²) in [6, 6.07) is 14.4. The topological polar surface area (TPSA) is 45.2 Å². The van der Waals surface area contributed by atoms with E-state index in [2.05, 4.69) is 35.4 Å². The van der Waals surface area contributed by atoms with Crippen molar-refractivity contribution in [3.63, 3.8) is 0 Å². The number of hydrogen-bond acceptors (Lipinski definition) is 2. The lowest BCUT2D eigenvalue weighted by atomic mass is 10.1. The maximum absolute atomic E-state index is 12.5. The molecule has 0 saturated heterocycles. The van der Waals surface area contributed by atoms with Gasteiger partial charge in [0, 0.05) is 18.8 Å². The first-order valence-corrected chi connectivity index (χ1v) is 7.72. The van der Waals surface area contributed by atoms with Crippen LogP contribution in [0.25, 0.3) is 0 Å². The van der Waals surface area contributed by atoms with Gasteiger partial charge in [-0.25, -0.2) is 4.79 Å². The maximum atomic E-state index is 12.5. The Morgan fingerprint density at radius 1 is 1.27 bits per heavy atom. The Hall–Kier alpha value is -2.36. The zero-order chi connectivity index (χ0) is 15.4. The van der Waals surface area contributed by atoms with Crippen LogP contribution in [0.2, 0.25) is 0 Å². The van der Waals surface area contributed by atoms with Gasteiger partial charge in [-0.15, -0.1) is 0 Å². The van der Waals surface area contributed by atoms with Crippen LogP contribution in [0.3, 0.4) is 0 Å². The van der Waals surface area contributed by atoms with Gasteiger partial charge in [-0.3, -0.25) is 4.98 Å². The van der Waals surface area contributed by atoms with Crippen LogP contribution in [0.15, 0.2) is 48.7 Å². The van der Waals surface area contributed by atoms with Crippen molar-refractivity contribution >= 4 is 6.03 Å². The van der Waals surface area contributed by atoms with Crippen molar-refractivity contribution in [2.75, 3.05) is 0 Å². The molecule has 22 heavy (non-hydrogen) atoms. The number of carbonyl (C=O) groups excluding carboxylic acids is 1. The Morgan fingerprint density at radius 3 is 2.82 bits per heavy atom. The summed E-state index contributed by atoms with van der Waals surface area (Å²) in [5.41, 5.74) is 3.28. The lowest BCUT2D eigenvalue weighted by Crippen LogP contribution is -2.40. The number of amides is 2. The summed E-state index contributed by atoms with van der Waals surface area (Å²) in [7, 11) is 0. The van der Waals surface area contributed by atoms with Crippen molar-refractivity contribution in [3.05, 3.63) is 65.5 Å². The molecule has 1 heterocycles. The lowest BCUT2D eigenvalue weighted by Gasteiger charge is -2.23. The molecule has 0 atom stereocenters. The van der Waals surface area contributed by atoms with Crippen molar-refractivity contribution in [1.82, 2.24) is 15.2 Å². The van der Waals surface area contributed by atoms with Crippen LogP contribution in [0, 0.1) is 6.92 Å². The fraction of sp³-hybridized carbons (Fsp3) is 0.333. The van der Waals surface area contributed by atoms with Gasteiger partial charge in [0.25, 0.3) is 0 Å². The number of hydrogen-bond donors (Lipinski definition) is 1. The van der Waals surface area contributed by atoms with Gasteiger partial charge in [-0.05, 0) is 37.5 Å². The lowest BCUT2D eigenvalue weighted by molar-refractivity contribution is 0.191. The quantitative estimate of drug-likeness (QED) is 0.920. The number of pyridine rings is 1. The zero-order valence-electron chi connectivity index (χ0n) is 12.8. The van der Waals surface area contributed by atoms with Crippen LogP contribution in [0.4, 0.5) is 4.79 Å². The van der Waals surface area contributed by atoms with Gasteiger partial charge in [0.05, 0.1) is 12.2 Å². The first-order valence-electron chi connectivity index (χ1n) is 7.72. The molecule has 2 aromatic rings. The molecule has 0 radical (unpaired) electrons. The van der Waals surface area contributed by atoms with E-state index in [0.29, 0.717) is 19.1 Å². The fourth-order valence-corrected chi connectivity index (χ4v) is 2.53. The minimum absolute atomic E-state index is 0.00495. The van der Waals surface area contributed by atoms with Gasteiger partial charge in [-0.1, -0.05) is 35.9 Å². The Labute approximate surface area is 131 Å². The third-order valence-corrected chi connectivity index (χ3v) is 3.83. The SMILES string of the molecule is Cc1cccc(CN(C(=O)NCc2ccccn2)C2CC2)c1. The Kier molecular flexibility index (Phi) is 4.37. The molecule has 1 N–H and O–H groups in total. The molecule has 0 bridgehead atoms. The second-order valence-electron chi connectivity index (χ2n) is 5.83. The molecular formula is C18H21N3O. The number of aryl methyl sites for hydroxylation is 1. The van der Waals surface area contributed by atoms with Gasteiger partial charge in [0.15, 0.2) is 0 Å². The van der Waals surface area contributed by atoms with Crippen LogP contribution in [0.1, 0.15) is 29.7 Å². The highest BCUT2D eigenvalue weighted by Gasteiger charge is 2.32. The van der Waals surface area contributed by atoms with E-state index in [1.165, 1.54) is 11.1 Å². The fourth-order valence-electron chi connectivity index (χ4n) is 2.53. The van der Waals surface area contributed by atoms with Crippen LogP contribution < -0.4 is 5.32 Å². The van der Waals surface area contributed by atoms with Crippen molar-refractivity contribution in [2.24, 2.45) is 0 Å². The largest absolute Gasteiger partial charge is 0.332 e. The van der Waals surface area contributed by atoms with Crippen LogP contribution in [0.5, 0.6) is 0 Å². The van der Waals surface area contributed by atoms with Crippen molar-refractivity contribution in [2.45, 2.75) is 38.9 Å². The average molecular weight is 295 g/mol. The molecule has 4 nitrogen and oxygen atoms in total. The second-order valence-corrected chi connectivity index (χ2v) is 5.83. The summed E-state index contributed by atoms with van der Waals surface area (Å²) < 4.78 is 0. The van der Waals surface area contributed by atoms with E-state index in [-0.39, 0.29) is 6.03 Å². The summed E-state index contributed by atoms with van der Waals surface area (Å²) >= 11 is 0. The summed E-state index contributed by atoms with van der Waals surface area (Å²) in [5, 5.41) is 2.98. The van der Waals surface area contributed by atoms with E-state index >= 15 is 0 Å². The number of carbonyl (C=O) groups is 1. The number of benzene rings is 1. The smallest absolute Gasteiger partial charge is 0.318 e. The number of nitrogens with one attached hydrogen (secondary N) is 1. The minimum atomic E-state index is -0.00495. The van der Waals surface area contributed by atoms with Crippen molar-refractivity contribution in [3.8, 4) is 0 Å². The van der Waals surface area contributed by atoms with E-state index in [1.54, 1.807) is 6.20 Å². The van der Waals surface area contributed by atoms with E-state index in [9.17, 15) is 4.79 Å². The summed E-state index contributed by atoms with van der Waals surface area (Å²) in [4.78, 5) is 18.6. The van der Waals surface area contributed by atoms with Gasteiger partial charge in [0.1, 0.15) is 0 Å². The molecule has 3 rings (SSSR count). The van der Waals surface area contributed by atoms with Crippen LogP contribution in [-0.2, 0) is 13.1 Å². The van der Waals surface area contributed by atoms with Crippen LogP contribution in [-0.4, -0.2) is 22.0 Å². The van der Waals surface area contributed by atoms with Crippen molar-refractivity contribution in [1.29, 1.82) is 0 Å². The summed E-state index contributed by atoms with van der Waals surface area (Å²) in [5.74, 6) is 0. The number of nitrogens with zero attached hydrogens (tertiary/aromatic N) is 2. The highest BCUT2D eigenvalue weighted by Crippen LogP contribution is 2.28. The molecular weight excluding hydrogens is 274 g/mol. The van der Waals surface area contributed by atoms with Gasteiger partial charge >= 0.3 is 6.03 Å². The third-order valence-electron chi connectivity index (χ3n) is 3.83. The monoisotopic (exact) mass is 295 g/mol. The first-order chi connectivity index (χ1) is 10.7. The molecule has 114 valence electrons. The molecule has 0 aliphatic heterocycles. The second kappa shape index (κ2) is 6.60. The van der Waals surface area contributed by atoms with Crippen LogP contribution >= 0.6 is 0 Å². The Balaban J connectivity index is 1.62. The molecule has 1 aromatic carbocycles. The van der Waals surface area contributed by atoms with E-state index in [0.717, 1.165) is 18.5 Å². The highest BCUT2D eigenvalue weighted by molar-refractivity contribution is 5.74. The number of aromatic nitrogens is 1. The van der Waals surface area contributed by atoms with Gasteiger partial charge in [0.2, 0.25) is 0 Å². The number of rotatable bonds is 5. The third kappa shape index (κ3) is 3.85. The summed E-state index contributed by atoms with van der Waals surface area (Å²) in [6.45, 7) is 3.21. The number of urea groups is 1. The zero-order valence-corrected chi connectivity index (χ0v) is 12.8. The standard InChI is InChI=1S/C18H21N3O/c1-14-5-4-6-15(11-14)13-21(17-8-9-17)18(22)20-12-16-7-2-3-10-19-16/h2-7,10-11,17H,8-9,12-13H2,1H3,(H,20,22).